The summed E-state index contributed by atoms with van der Waals surface area (Å²) < 4.78 is 27.2. The van der Waals surface area contributed by atoms with Crippen molar-refractivity contribution in [2.45, 2.75) is 11.8 Å². The Hall–Kier alpha value is -1.99. The Labute approximate surface area is 146 Å². The van der Waals surface area contributed by atoms with Gasteiger partial charge in [-0.15, -0.1) is 11.8 Å². The number of aromatic nitrogens is 1. The second-order valence-corrected chi connectivity index (χ2v) is 7.02. The summed E-state index contributed by atoms with van der Waals surface area (Å²) in [4.78, 5) is 19.1. The van der Waals surface area contributed by atoms with Crippen LogP contribution in [0.4, 0.5) is 13.9 Å². The molecule has 1 aromatic heterocycles. The summed E-state index contributed by atoms with van der Waals surface area (Å²) in [5.74, 6) is -1.79. The SMILES string of the molecule is CCN(C(=O)CSc1ccc(F)c(F)c1)c1nc2ccccc2s1. The van der Waals surface area contributed by atoms with Crippen LogP contribution in [0.15, 0.2) is 47.4 Å². The van der Waals surface area contributed by atoms with Crippen molar-refractivity contribution in [3.63, 3.8) is 0 Å². The number of hydrogen-bond donors (Lipinski definition) is 0. The van der Waals surface area contributed by atoms with E-state index >= 15 is 0 Å². The molecule has 1 heterocycles. The number of thiazole rings is 1. The quantitative estimate of drug-likeness (QED) is 0.614. The van der Waals surface area contributed by atoms with Crippen molar-refractivity contribution in [2.24, 2.45) is 0 Å². The standard InChI is InChI=1S/C17H14F2N2OS2/c1-2-21(17-20-14-5-3-4-6-15(14)24-17)16(22)10-23-11-7-8-12(18)13(19)9-11/h3-9H,2,10H2,1H3. The van der Waals surface area contributed by atoms with E-state index in [4.69, 9.17) is 0 Å². The zero-order valence-electron chi connectivity index (χ0n) is 12.8. The molecule has 0 fully saturated rings. The van der Waals surface area contributed by atoms with Gasteiger partial charge in [0.15, 0.2) is 16.8 Å². The summed E-state index contributed by atoms with van der Waals surface area (Å²) >= 11 is 2.64. The van der Waals surface area contributed by atoms with Crippen LogP contribution in [-0.4, -0.2) is 23.2 Å². The summed E-state index contributed by atoms with van der Waals surface area (Å²) in [7, 11) is 0. The van der Waals surface area contributed by atoms with E-state index in [1.54, 1.807) is 4.90 Å². The Balaban J connectivity index is 1.72. The van der Waals surface area contributed by atoms with Gasteiger partial charge in [-0.2, -0.15) is 0 Å². The summed E-state index contributed by atoms with van der Waals surface area (Å²) in [6.07, 6.45) is 0. The maximum absolute atomic E-state index is 13.2. The van der Waals surface area contributed by atoms with Gasteiger partial charge in [0, 0.05) is 11.4 Å². The van der Waals surface area contributed by atoms with Gasteiger partial charge in [0.05, 0.1) is 16.0 Å². The molecule has 24 heavy (non-hydrogen) atoms. The van der Waals surface area contributed by atoms with E-state index < -0.39 is 11.6 Å². The van der Waals surface area contributed by atoms with Gasteiger partial charge in [0.25, 0.3) is 0 Å². The number of benzene rings is 2. The first-order valence-electron chi connectivity index (χ1n) is 7.32. The van der Waals surface area contributed by atoms with Crippen LogP contribution in [0.2, 0.25) is 0 Å². The van der Waals surface area contributed by atoms with Crippen LogP contribution in [0.3, 0.4) is 0 Å². The Kier molecular flexibility index (Phi) is 5.11. The lowest BCUT2D eigenvalue weighted by Crippen LogP contribution is -2.32. The van der Waals surface area contributed by atoms with Gasteiger partial charge in [0.2, 0.25) is 5.91 Å². The Morgan fingerprint density at radius 1 is 1.21 bits per heavy atom. The average molecular weight is 364 g/mol. The lowest BCUT2D eigenvalue weighted by atomic mass is 10.3. The van der Waals surface area contributed by atoms with E-state index in [1.807, 2.05) is 31.2 Å². The number of hydrogen-bond acceptors (Lipinski definition) is 4. The van der Waals surface area contributed by atoms with Gasteiger partial charge >= 0.3 is 0 Å². The fraction of sp³-hybridized carbons (Fsp3) is 0.176. The van der Waals surface area contributed by atoms with Crippen molar-refractivity contribution in [1.82, 2.24) is 4.98 Å². The highest BCUT2D eigenvalue weighted by molar-refractivity contribution is 8.00. The van der Waals surface area contributed by atoms with E-state index in [9.17, 15) is 13.6 Å². The molecule has 2 aromatic carbocycles. The number of amides is 1. The van der Waals surface area contributed by atoms with E-state index in [0.29, 0.717) is 16.6 Å². The van der Waals surface area contributed by atoms with Gasteiger partial charge in [-0.3, -0.25) is 9.69 Å². The summed E-state index contributed by atoms with van der Waals surface area (Å²) in [5, 5.41) is 0.648. The lowest BCUT2D eigenvalue weighted by Gasteiger charge is -2.17. The molecule has 0 spiro atoms. The molecule has 1 amide bonds. The number of rotatable bonds is 5. The third-order valence-electron chi connectivity index (χ3n) is 3.38. The second-order valence-electron chi connectivity index (χ2n) is 4.97. The number of carbonyl (C=O) groups is 1. The molecule has 0 bridgehead atoms. The van der Waals surface area contributed by atoms with Crippen molar-refractivity contribution in [3.05, 3.63) is 54.1 Å². The molecular weight excluding hydrogens is 350 g/mol. The zero-order valence-corrected chi connectivity index (χ0v) is 14.5. The van der Waals surface area contributed by atoms with Crippen molar-refractivity contribution in [2.75, 3.05) is 17.2 Å². The molecule has 0 aliphatic carbocycles. The summed E-state index contributed by atoms with van der Waals surface area (Å²) in [6, 6.07) is 11.3. The fourth-order valence-electron chi connectivity index (χ4n) is 2.18. The van der Waals surface area contributed by atoms with Gasteiger partial charge in [0.1, 0.15) is 0 Å². The summed E-state index contributed by atoms with van der Waals surface area (Å²) in [6.45, 7) is 2.38. The van der Waals surface area contributed by atoms with Crippen LogP contribution in [0, 0.1) is 11.6 Å². The third kappa shape index (κ3) is 3.57. The van der Waals surface area contributed by atoms with E-state index in [0.717, 1.165) is 22.3 Å². The highest BCUT2D eigenvalue weighted by Crippen LogP contribution is 2.29. The number of thioether (sulfide) groups is 1. The van der Waals surface area contributed by atoms with Crippen LogP contribution in [0.25, 0.3) is 10.2 Å². The molecule has 3 aromatic rings. The third-order valence-corrected chi connectivity index (χ3v) is 5.42. The molecule has 0 aliphatic rings. The smallest absolute Gasteiger partial charge is 0.239 e. The van der Waals surface area contributed by atoms with Crippen LogP contribution in [-0.2, 0) is 4.79 Å². The maximum Gasteiger partial charge on any atom is 0.239 e. The minimum atomic E-state index is -0.911. The van der Waals surface area contributed by atoms with Gasteiger partial charge in [-0.25, -0.2) is 13.8 Å². The zero-order chi connectivity index (χ0) is 17.1. The Morgan fingerprint density at radius 3 is 2.71 bits per heavy atom. The van der Waals surface area contributed by atoms with Crippen molar-refractivity contribution < 1.29 is 13.6 Å². The fourth-order valence-corrected chi connectivity index (χ4v) is 4.03. The highest BCUT2D eigenvalue weighted by atomic mass is 32.2. The van der Waals surface area contributed by atoms with E-state index in [2.05, 4.69) is 4.98 Å². The Bertz CT molecular complexity index is 849. The first kappa shape index (κ1) is 16.9. The number of anilines is 1. The number of para-hydroxylation sites is 1. The van der Waals surface area contributed by atoms with E-state index in [1.165, 1.54) is 29.2 Å². The van der Waals surface area contributed by atoms with Gasteiger partial charge in [-0.1, -0.05) is 23.5 Å². The largest absolute Gasteiger partial charge is 0.288 e. The second kappa shape index (κ2) is 7.27. The minimum absolute atomic E-state index is 0.119. The molecule has 0 unspecified atom stereocenters. The molecule has 7 heteroatoms. The van der Waals surface area contributed by atoms with Crippen molar-refractivity contribution >= 4 is 44.4 Å². The molecule has 0 N–H and O–H groups in total. The molecular formula is C17H14F2N2OS2. The van der Waals surface area contributed by atoms with Gasteiger partial charge < -0.3 is 0 Å². The first-order valence-corrected chi connectivity index (χ1v) is 9.12. The lowest BCUT2D eigenvalue weighted by molar-refractivity contribution is -0.116. The molecule has 124 valence electrons. The monoisotopic (exact) mass is 364 g/mol. The number of fused-ring (bicyclic) bond motifs is 1. The Morgan fingerprint density at radius 2 is 2.00 bits per heavy atom. The molecule has 0 aliphatic heterocycles. The molecule has 3 nitrogen and oxygen atoms in total. The molecule has 0 radical (unpaired) electrons. The predicted octanol–water partition coefficient (Wildman–Crippen LogP) is 4.72. The minimum Gasteiger partial charge on any atom is -0.288 e. The maximum atomic E-state index is 13.2. The highest BCUT2D eigenvalue weighted by Gasteiger charge is 2.18. The van der Waals surface area contributed by atoms with E-state index in [-0.39, 0.29) is 11.7 Å². The number of halogens is 2. The molecule has 0 atom stereocenters. The normalized spacial score (nSPS) is 11.0. The molecule has 0 saturated heterocycles. The van der Waals surface area contributed by atoms with Crippen LogP contribution in [0.1, 0.15) is 6.92 Å². The number of nitrogens with zero attached hydrogens (tertiary/aromatic N) is 2. The van der Waals surface area contributed by atoms with Crippen LogP contribution < -0.4 is 4.90 Å². The summed E-state index contributed by atoms with van der Waals surface area (Å²) in [5.41, 5.74) is 0.858. The predicted molar refractivity (Wildman–Crippen MR) is 94.7 cm³/mol. The molecule has 3 rings (SSSR count). The van der Waals surface area contributed by atoms with Crippen molar-refractivity contribution in [1.29, 1.82) is 0 Å². The molecule has 0 saturated carbocycles. The van der Waals surface area contributed by atoms with Crippen LogP contribution >= 0.6 is 23.1 Å². The van der Waals surface area contributed by atoms with Gasteiger partial charge in [-0.05, 0) is 37.3 Å². The topological polar surface area (TPSA) is 33.2 Å². The van der Waals surface area contributed by atoms with Crippen molar-refractivity contribution in [3.8, 4) is 0 Å². The number of carbonyl (C=O) groups excluding carboxylic acids is 1. The average Bonchev–Trinajstić information content (AvgIpc) is 3.00. The van der Waals surface area contributed by atoms with Crippen LogP contribution in [0.5, 0.6) is 0 Å². The first-order chi connectivity index (χ1) is 11.6.